The van der Waals surface area contributed by atoms with Crippen molar-refractivity contribution in [2.45, 2.75) is 19.3 Å². The molecule has 0 spiro atoms. The van der Waals surface area contributed by atoms with Crippen molar-refractivity contribution >= 4 is 39.0 Å². The van der Waals surface area contributed by atoms with Crippen LogP contribution in [0, 0.1) is 0 Å². The molecule has 0 radical (unpaired) electrons. The first-order valence-electron chi connectivity index (χ1n) is 17.1. The van der Waals surface area contributed by atoms with Gasteiger partial charge in [0.2, 0.25) is 0 Å². The van der Waals surface area contributed by atoms with Gasteiger partial charge < -0.3 is 14.1 Å². The zero-order valence-electron chi connectivity index (χ0n) is 27.2. The van der Waals surface area contributed by atoms with E-state index in [4.69, 9.17) is 9.15 Å². The molecule has 0 aliphatic carbocycles. The maximum absolute atomic E-state index is 6.55. The van der Waals surface area contributed by atoms with Crippen molar-refractivity contribution in [2.24, 2.45) is 0 Å². The Balaban J connectivity index is 1.29. The topological polar surface area (TPSA) is 25.6 Å². The Bertz CT molecular complexity index is 2310. The summed E-state index contributed by atoms with van der Waals surface area (Å²) in [6, 6.07) is 58.3. The summed E-state index contributed by atoms with van der Waals surface area (Å²) in [5, 5.41) is 2.21. The van der Waals surface area contributed by atoms with Crippen LogP contribution < -0.4 is 9.64 Å². The van der Waals surface area contributed by atoms with E-state index in [1.807, 2.05) is 6.07 Å². The van der Waals surface area contributed by atoms with Gasteiger partial charge in [-0.3, -0.25) is 0 Å². The van der Waals surface area contributed by atoms with Crippen LogP contribution in [0.2, 0.25) is 0 Å². The summed E-state index contributed by atoms with van der Waals surface area (Å²) in [5.74, 6) is 0.993. The van der Waals surface area contributed by atoms with Crippen molar-refractivity contribution in [3.8, 4) is 39.1 Å². The number of hydrogen-bond donors (Lipinski definition) is 0. The molecule has 1 aliphatic rings. The highest BCUT2D eigenvalue weighted by Gasteiger charge is 2.24. The molecule has 0 atom stereocenters. The molecule has 7 aromatic carbocycles. The van der Waals surface area contributed by atoms with Gasteiger partial charge in [0.1, 0.15) is 16.9 Å². The molecule has 2 heterocycles. The largest absolute Gasteiger partial charge is 0.493 e. The van der Waals surface area contributed by atoms with Gasteiger partial charge in [0.25, 0.3) is 0 Å². The van der Waals surface area contributed by atoms with Gasteiger partial charge in [-0.15, -0.1) is 0 Å². The minimum Gasteiger partial charge on any atom is -0.493 e. The Morgan fingerprint density at radius 3 is 1.73 bits per heavy atom. The lowest BCUT2D eigenvalue weighted by Gasteiger charge is -2.29. The molecule has 0 saturated heterocycles. The lowest BCUT2D eigenvalue weighted by atomic mass is 9.95. The summed E-state index contributed by atoms with van der Waals surface area (Å²) in [5.41, 5.74) is 13.1. The average molecular weight is 634 g/mol. The fourth-order valence-electron chi connectivity index (χ4n) is 7.21. The minimum atomic E-state index is 0.724. The van der Waals surface area contributed by atoms with Crippen LogP contribution in [0.15, 0.2) is 168 Å². The predicted molar refractivity (Wildman–Crippen MR) is 203 cm³/mol. The van der Waals surface area contributed by atoms with E-state index in [9.17, 15) is 0 Å². The Morgan fingerprint density at radius 1 is 0.449 bits per heavy atom. The zero-order valence-corrected chi connectivity index (χ0v) is 27.2. The van der Waals surface area contributed by atoms with Gasteiger partial charge >= 0.3 is 0 Å². The van der Waals surface area contributed by atoms with Gasteiger partial charge in [0.15, 0.2) is 0 Å². The number of anilines is 3. The van der Waals surface area contributed by atoms with E-state index in [0.717, 1.165) is 81.7 Å². The molecule has 0 bridgehead atoms. The fraction of sp³-hybridized carbons (Fsp3) is 0.0870. The van der Waals surface area contributed by atoms with Crippen molar-refractivity contribution in [3.05, 3.63) is 169 Å². The first-order valence-corrected chi connectivity index (χ1v) is 17.1. The molecule has 9 rings (SSSR count). The van der Waals surface area contributed by atoms with Crippen LogP contribution in [-0.4, -0.2) is 6.61 Å². The number of nitrogens with zero attached hydrogens (tertiary/aromatic N) is 1. The van der Waals surface area contributed by atoms with Crippen LogP contribution in [0.3, 0.4) is 0 Å². The number of fused-ring (bicyclic) bond motifs is 4. The lowest BCUT2D eigenvalue weighted by molar-refractivity contribution is 0.318. The van der Waals surface area contributed by atoms with Gasteiger partial charge in [-0.2, -0.15) is 0 Å². The molecule has 0 saturated carbocycles. The minimum absolute atomic E-state index is 0.724. The molecular weight excluding hydrogens is 599 g/mol. The van der Waals surface area contributed by atoms with Crippen molar-refractivity contribution in [3.63, 3.8) is 0 Å². The standard InChI is InChI=1S/C46H35NO2/c1-3-12-32(13-4-1)34-21-25-37(26-22-34)47(38-27-23-35(24-28-38)33-14-5-2-6-15-33)43-31-45-42(39-18-7-8-20-44(39)49-45)30-41(43)40-19-11-17-36-16-9-10-29-48-46(36)40/h1-8,11-15,17-28,30-31H,9-10,16,29H2. The normalized spacial score (nSPS) is 12.7. The molecule has 1 aromatic heterocycles. The number of benzene rings is 7. The van der Waals surface area contributed by atoms with Crippen LogP contribution in [0.4, 0.5) is 17.1 Å². The molecule has 0 N–H and O–H groups in total. The monoisotopic (exact) mass is 633 g/mol. The van der Waals surface area contributed by atoms with E-state index in [1.54, 1.807) is 0 Å². The number of furan rings is 1. The third-order valence-corrected chi connectivity index (χ3v) is 9.67. The van der Waals surface area contributed by atoms with Gasteiger partial charge in [-0.25, -0.2) is 0 Å². The van der Waals surface area contributed by atoms with E-state index < -0.39 is 0 Å². The Hall–Kier alpha value is -6.06. The molecule has 0 fully saturated rings. The molecule has 0 unspecified atom stereocenters. The molecule has 49 heavy (non-hydrogen) atoms. The summed E-state index contributed by atoms with van der Waals surface area (Å²) in [4.78, 5) is 2.36. The van der Waals surface area contributed by atoms with Crippen LogP contribution in [0.1, 0.15) is 18.4 Å². The SMILES string of the molecule is c1ccc(-c2ccc(N(c3ccc(-c4ccccc4)cc3)c3cc4oc5ccccc5c4cc3-c3cccc4c3OCCCC4)cc2)cc1. The molecule has 1 aliphatic heterocycles. The average Bonchev–Trinajstić information content (AvgIpc) is 3.35. The second-order valence-corrected chi connectivity index (χ2v) is 12.7. The van der Waals surface area contributed by atoms with E-state index >= 15 is 0 Å². The summed E-state index contributed by atoms with van der Waals surface area (Å²) < 4.78 is 13.1. The highest BCUT2D eigenvalue weighted by molar-refractivity contribution is 6.09. The van der Waals surface area contributed by atoms with Gasteiger partial charge in [-0.05, 0) is 83.5 Å². The molecule has 8 aromatic rings. The third-order valence-electron chi connectivity index (χ3n) is 9.67. The Kier molecular flexibility index (Phi) is 7.44. The number of hydrogen-bond acceptors (Lipinski definition) is 3. The van der Waals surface area contributed by atoms with Gasteiger partial charge in [0.05, 0.1) is 12.3 Å². The Morgan fingerprint density at radius 2 is 1.06 bits per heavy atom. The van der Waals surface area contributed by atoms with Crippen molar-refractivity contribution in [1.82, 2.24) is 0 Å². The summed E-state index contributed by atoms with van der Waals surface area (Å²) in [6.45, 7) is 0.724. The zero-order chi connectivity index (χ0) is 32.6. The first-order chi connectivity index (χ1) is 24.3. The van der Waals surface area contributed by atoms with E-state index in [0.29, 0.717) is 0 Å². The van der Waals surface area contributed by atoms with Crippen LogP contribution in [-0.2, 0) is 6.42 Å². The van der Waals surface area contributed by atoms with Gasteiger partial charge in [-0.1, -0.05) is 121 Å². The maximum atomic E-state index is 6.55. The molecule has 3 nitrogen and oxygen atoms in total. The van der Waals surface area contributed by atoms with E-state index in [-0.39, 0.29) is 0 Å². The van der Waals surface area contributed by atoms with E-state index in [2.05, 4.69) is 163 Å². The highest BCUT2D eigenvalue weighted by atomic mass is 16.5. The van der Waals surface area contributed by atoms with Crippen molar-refractivity contribution in [1.29, 1.82) is 0 Å². The fourth-order valence-corrected chi connectivity index (χ4v) is 7.21. The maximum Gasteiger partial charge on any atom is 0.137 e. The Labute approximate surface area is 286 Å². The van der Waals surface area contributed by atoms with Crippen LogP contribution >= 0.6 is 0 Å². The van der Waals surface area contributed by atoms with Crippen molar-refractivity contribution in [2.75, 3.05) is 11.5 Å². The number of rotatable bonds is 6. The summed E-state index contributed by atoms with van der Waals surface area (Å²) >= 11 is 0. The second-order valence-electron chi connectivity index (χ2n) is 12.7. The van der Waals surface area contributed by atoms with E-state index in [1.165, 1.54) is 27.8 Å². The lowest BCUT2D eigenvalue weighted by Crippen LogP contribution is -2.11. The van der Waals surface area contributed by atoms with Crippen LogP contribution in [0.5, 0.6) is 5.75 Å². The van der Waals surface area contributed by atoms with Crippen LogP contribution in [0.25, 0.3) is 55.3 Å². The highest BCUT2D eigenvalue weighted by Crippen LogP contribution is 2.48. The third kappa shape index (κ3) is 5.44. The molecule has 0 amide bonds. The quantitative estimate of drug-likeness (QED) is 0.182. The second kappa shape index (κ2) is 12.5. The molecule has 236 valence electrons. The summed E-state index contributed by atoms with van der Waals surface area (Å²) in [7, 11) is 0. The smallest absolute Gasteiger partial charge is 0.137 e. The van der Waals surface area contributed by atoms with Gasteiger partial charge in [0, 0.05) is 39.3 Å². The summed E-state index contributed by atoms with van der Waals surface area (Å²) in [6.07, 6.45) is 3.20. The molecular formula is C46H35NO2. The number of ether oxygens (including phenoxy) is 1. The predicted octanol–water partition coefficient (Wildman–Crippen LogP) is 12.8. The molecule has 3 heteroatoms. The first kappa shape index (κ1) is 29.1. The number of para-hydroxylation sites is 2. The van der Waals surface area contributed by atoms with Crippen molar-refractivity contribution < 1.29 is 9.15 Å². The number of aryl methyl sites for hydroxylation is 1.